The molecule has 34 heavy (non-hydrogen) atoms. The van der Waals surface area contributed by atoms with Crippen molar-refractivity contribution in [1.29, 1.82) is 5.26 Å². The van der Waals surface area contributed by atoms with Crippen molar-refractivity contribution in [3.63, 3.8) is 0 Å². The van der Waals surface area contributed by atoms with Crippen molar-refractivity contribution < 1.29 is 9.47 Å². The van der Waals surface area contributed by atoms with Gasteiger partial charge in [0.05, 0.1) is 42.2 Å². The fraction of sp³-hybridized carbons (Fsp3) is 0.286. The molecule has 2 heterocycles. The Morgan fingerprint density at radius 2 is 1.88 bits per heavy atom. The van der Waals surface area contributed by atoms with E-state index < -0.39 is 0 Å². The lowest BCUT2D eigenvalue weighted by Crippen LogP contribution is -2.36. The van der Waals surface area contributed by atoms with Gasteiger partial charge in [0.25, 0.3) is 0 Å². The van der Waals surface area contributed by atoms with Crippen molar-refractivity contribution in [3.05, 3.63) is 83.6 Å². The van der Waals surface area contributed by atoms with Gasteiger partial charge in [-0.25, -0.2) is 4.68 Å². The summed E-state index contributed by atoms with van der Waals surface area (Å²) in [6, 6.07) is 22.9. The quantitative estimate of drug-likeness (QED) is 0.428. The van der Waals surface area contributed by atoms with E-state index in [-0.39, 0.29) is 6.10 Å². The van der Waals surface area contributed by atoms with Crippen LogP contribution in [0.25, 0.3) is 16.6 Å². The van der Waals surface area contributed by atoms with Crippen LogP contribution < -0.4 is 9.64 Å². The van der Waals surface area contributed by atoms with Gasteiger partial charge in [-0.05, 0) is 72.9 Å². The largest absolute Gasteiger partial charge is 0.486 e. The second-order valence-electron chi connectivity index (χ2n) is 8.92. The Hall–Kier alpha value is -3.82. The molecule has 6 rings (SSSR count). The van der Waals surface area contributed by atoms with Crippen LogP contribution in [0.4, 0.5) is 5.69 Å². The fourth-order valence-electron chi connectivity index (χ4n) is 5.05. The zero-order valence-corrected chi connectivity index (χ0v) is 19.0. The van der Waals surface area contributed by atoms with E-state index in [2.05, 4.69) is 58.5 Å². The molecule has 0 amide bonds. The molecule has 0 N–H and O–H groups in total. The highest BCUT2D eigenvalue weighted by molar-refractivity contribution is 5.82. The van der Waals surface area contributed by atoms with Crippen molar-refractivity contribution in [2.75, 3.05) is 31.2 Å². The van der Waals surface area contributed by atoms with Crippen LogP contribution in [0.3, 0.4) is 0 Å². The molecule has 1 fully saturated rings. The molecule has 1 unspecified atom stereocenters. The summed E-state index contributed by atoms with van der Waals surface area (Å²) in [5.74, 6) is 0.834. The van der Waals surface area contributed by atoms with Gasteiger partial charge in [0, 0.05) is 30.2 Å². The third kappa shape index (κ3) is 3.89. The Morgan fingerprint density at radius 1 is 1.00 bits per heavy atom. The number of morpholine rings is 1. The van der Waals surface area contributed by atoms with Crippen LogP contribution in [0.15, 0.2) is 66.9 Å². The van der Waals surface area contributed by atoms with E-state index in [1.807, 2.05) is 29.1 Å². The second kappa shape index (κ2) is 8.85. The van der Waals surface area contributed by atoms with E-state index in [4.69, 9.17) is 9.47 Å². The minimum Gasteiger partial charge on any atom is -0.486 e. The smallest absolute Gasteiger partial charge is 0.124 e. The van der Waals surface area contributed by atoms with E-state index >= 15 is 0 Å². The lowest BCUT2D eigenvalue weighted by molar-refractivity contribution is 0.122. The molecule has 6 nitrogen and oxygen atoms in total. The van der Waals surface area contributed by atoms with Crippen LogP contribution >= 0.6 is 0 Å². The molecule has 1 saturated heterocycles. The number of hydrogen-bond acceptors (Lipinski definition) is 5. The molecule has 6 heteroatoms. The summed E-state index contributed by atoms with van der Waals surface area (Å²) in [6.45, 7) is 3.33. The maximum Gasteiger partial charge on any atom is 0.124 e. The van der Waals surface area contributed by atoms with Crippen LogP contribution in [0, 0.1) is 11.3 Å². The number of aryl methyl sites for hydroxylation is 1. The first kappa shape index (κ1) is 20.8. The first-order chi connectivity index (χ1) is 16.8. The minimum atomic E-state index is -0.00466. The molecule has 0 saturated carbocycles. The third-order valence-corrected chi connectivity index (χ3v) is 6.80. The van der Waals surface area contributed by atoms with Gasteiger partial charge in [-0.3, -0.25) is 0 Å². The van der Waals surface area contributed by atoms with Crippen LogP contribution in [-0.2, 0) is 11.2 Å². The molecule has 3 aromatic carbocycles. The predicted molar refractivity (Wildman–Crippen MR) is 132 cm³/mol. The monoisotopic (exact) mass is 450 g/mol. The summed E-state index contributed by atoms with van der Waals surface area (Å²) >= 11 is 0. The molecule has 0 bridgehead atoms. The number of rotatable bonds is 4. The van der Waals surface area contributed by atoms with Gasteiger partial charge in [0.15, 0.2) is 0 Å². The summed E-state index contributed by atoms with van der Waals surface area (Å²) in [4.78, 5) is 2.35. The molecular formula is C28H26N4O2. The minimum absolute atomic E-state index is 0.00466. The van der Waals surface area contributed by atoms with Gasteiger partial charge >= 0.3 is 0 Å². The zero-order valence-electron chi connectivity index (χ0n) is 19.0. The number of aromatic nitrogens is 2. The van der Waals surface area contributed by atoms with Gasteiger partial charge in [0.1, 0.15) is 11.9 Å². The Labute approximate surface area is 198 Å². The van der Waals surface area contributed by atoms with Crippen molar-refractivity contribution in [2.24, 2.45) is 0 Å². The molecule has 1 aromatic heterocycles. The number of nitriles is 1. The van der Waals surface area contributed by atoms with Crippen molar-refractivity contribution >= 4 is 16.6 Å². The molecule has 170 valence electrons. The van der Waals surface area contributed by atoms with E-state index in [0.29, 0.717) is 5.56 Å². The van der Waals surface area contributed by atoms with Crippen LogP contribution in [0.2, 0.25) is 0 Å². The lowest BCUT2D eigenvalue weighted by Gasteiger charge is -2.29. The molecule has 2 aliphatic rings. The highest BCUT2D eigenvalue weighted by Crippen LogP contribution is 2.35. The first-order valence-electron chi connectivity index (χ1n) is 11.9. The van der Waals surface area contributed by atoms with Crippen LogP contribution in [0.5, 0.6) is 5.75 Å². The Morgan fingerprint density at radius 3 is 2.76 bits per heavy atom. The molecule has 4 aromatic rings. The molecule has 0 radical (unpaired) electrons. The van der Waals surface area contributed by atoms with Crippen molar-refractivity contribution in [3.8, 4) is 17.5 Å². The maximum absolute atomic E-state index is 9.23. The van der Waals surface area contributed by atoms with E-state index in [1.165, 1.54) is 16.8 Å². The summed E-state index contributed by atoms with van der Waals surface area (Å²) in [5.41, 5.74) is 6.37. The summed E-state index contributed by atoms with van der Waals surface area (Å²) < 4.78 is 14.0. The maximum atomic E-state index is 9.23. The van der Waals surface area contributed by atoms with Gasteiger partial charge in [-0.2, -0.15) is 10.4 Å². The topological polar surface area (TPSA) is 63.3 Å². The normalized spacial score (nSPS) is 17.9. The molecule has 0 spiro atoms. The summed E-state index contributed by atoms with van der Waals surface area (Å²) in [7, 11) is 0. The lowest BCUT2D eigenvalue weighted by atomic mass is 9.88. The van der Waals surface area contributed by atoms with Crippen molar-refractivity contribution in [1.82, 2.24) is 9.78 Å². The van der Waals surface area contributed by atoms with Gasteiger partial charge in [0.2, 0.25) is 0 Å². The molecule has 1 atom stereocenters. The number of benzene rings is 3. The highest BCUT2D eigenvalue weighted by Gasteiger charge is 2.22. The Kier molecular flexibility index (Phi) is 5.40. The molecule has 1 aliphatic heterocycles. The van der Waals surface area contributed by atoms with E-state index in [9.17, 15) is 5.26 Å². The van der Waals surface area contributed by atoms with Gasteiger partial charge in [-0.1, -0.05) is 12.1 Å². The third-order valence-electron chi connectivity index (χ3n) is 6.80. The predicted octanol–water partition coefficient (Wildman–Crippen LogP) is 5.19. The summed E-state index contributed by atoms with van der Waals surface area (Å²) in [5, 5.41) is 15.0. The Balaban J connectivity index is 1.31. The number of nitrogens with zero attached hydrogens (tertiary/aromatic N) is 4. The van der Waals surface area contributed by atoms with Crippen LogP contribution in [0.1, 0.15) is 35.6 Å². The molecule has 1 aliphatic carbocycles. The van der Waals surface area contributed by atoms with Crippen molar-refractivity contribution in [2.45, 2.75) is 25.4 Å². The average Bonchev–Trinajstić information content (AvgIpc) is 3.32. The number of fused-ring (bicyclic) bond motifs is 2. The Bertz CT molecular complexity index is 1380. The van der Waals surface area contributed by atoms with E-state index in [1.54, 1.807) is 0 Å². The zero-order chi connectivity index (χ0) is 22.9. The van der Waals surface area contributed by atoms with Gasteiger partial charge in [-0.15, -0.1) is 0 Å². The second-order valence-corrected chi connectivity index (χ2v) is 8.92. The molecular weight excluding hydrogens is 424 g/mol. The number of hydrogen-bond donors (Lipinski definition) is 0. The van der Waals surface area contributed by atoms with Crippen LogP contribution in [-0.4, -0.2) is 36.1 Å². The average molecular weight is 451 g/mol. The SMILES string of the molecule is N#Cc1ccc2c(c1)CCCC2Oc1ccc2cnn(-c3cccc(N4CCOCC4)c3)c2c1. The first-order valence-corrected chi connectivity index (χ1v) is 11.9. The highest BCUT2D eigenvalue weighted by atomic mass is 16.5. The van der Waals surface area contributed by atoms with Gasteiger partial charge < -0.3 is 14.4 Å². The van der Waals surface area contributed by atoms with E-state index in [0.717, 1.165) is 67.9 Å². The number of ether oxygens (including phenoxy) is 2. The number of anilines is 1. The standard InChI is InChI=1S/C28H26N4O2/c29-18-20-7-10-26-21(15-20)3-1-6-28(26)34-25-9-8-22-19-30-32(27(22)17-25)24-5-2-4-23(16-24)31-11-13-33-14-12-31/h2,4-5,7-10,15-17,19,28H,1,3,6,11-14H2. The summed E-state index contributed by atoms with van der Waals surface area (Å²) in [6.07, 6.45) is 4.92. The fourth-order valence-corrected chi connectivity index (χ4v) is 5.05.